The highest BCUT2D eigenvalue weighted by atomic mass is 32.1. The van der Waals surface area contributed by atoms with Crippen molar-refractivity contribution < 1.29 is 4.42 Å². The van der Waals surface area contributed by atoms with Gasteiger partial charge in [-0.1, -0.05) is 6.07 Å². The van der Waals surface area contributed by atoms with Gasteiger partial charge in [0.05, 0.1) is 23.5 Å². The minimum Gasteiger partial charge on any atom is -0.469 e. The SMILES string of the molecule is Cc1nc(CCNC(=NCc2cccs2)NCCc2ccco2)sc1C. The van der Waals surface area contributed by atoms with Crippen LogP contribution in [0.5, 0.6) is 0 Å². The first kappa shape index (κ1) is 18.7. The van der Waals surface area contributed by atoms with Gasteiger partial charge in [0, 0.05) is 35.7 Å². The molecule has 7 heteroatoms. The van der Waals surface area contributed by atoms with Crippen LogP contribution in [0.25, 0.3) is 0 Å². The third kappa shape index (κ3) is 5.71. The van der Waals surface area contributed by atoms with E-state index in [4.69, 9.17) is 9.41 Å². The third-order valence-corrected chi connectivity index (χ3v) is 5.91. The zero-order valence-corrected chi connectivity index (χ0v) is 16.8. The van der Waals surface area contributed by atoms with E-state index in [-0.39, 0.29) is 0 Å². The Bertz CT molecular complexity index is 787. The molecule has 0 saturated heterocycles. The lowest BCUT2D eigenvalue weighted by molar-refractivity contribution is 0.506. The maximum atomic E-state index is 5.38. The molecule has 5 nitrogen and oxygen atoms in total. The maximum absolute atomic E-state index is 5.38. The van der Waals surface area contributed by atoms with Crippen molar-refractivity contribution in [3.05, 3.63) is 62.1 Å². The molecule has 26 heavy (non-hydrogen) atoms. The monoisotopic (exact) mass is 388 g/mol. The molecular weight excluding hydrogens is 364 g/mol. The average molecular weight is 389 g/mol. The zero-order chi connectivity index (χ0) is 18.2. The van der Waals surface area contributed by atoms with Crippen molar-refractivity contribution in [2.24, 2.45) is 4.99 Å². The van der Waals surface area contributed by atoms with Crippen LogP contribution in [-0.4, -0.2) is 24.0 Å². The van der Waals surface area contributed by atoms with Gasteiger partial charge < -0.3 is 15.1 Å². The number of nitrogens with zero attached hydrogens (tertiary/aromatic N) is 2. The van der Waals surface area contributed by atoms with Gasteiger partial charge in [0.15, 0.2) is 5.96 Å². The van der Waals surface area contributed by atoms with Crippen LogP contribution in [0.4, 0.5) is 0 Å². The lowest BCUT2D eigenvalue weighted by atomic mass is 10.3. The largest absolute Gasteiger partial charge is 0.469 e. The van der Waals surface area contributed by atoms with Crippen LogP contribution >= 0.6 is 22.7 Å². The molecule has 2 N–H and O–H groups in total. The molecule has 0 bridgehead atoms. The first-order valence-corrected chi connectivity index (χ1v) is 10.4. The number of aliphatic imine (C=N–C) groups is 1. The molecule has 0 aliphatic rings. The summed E-state index contributed by atoms with van der Waals surface area (Å²) in [6, 6.07) is 8.07. The number of furan rings is 1. The summed E-state index contributed by atoms with van der Waals surface area (Å²) in [5, 5.41) is 10.1. The van der Waals surface area contributed by atoms with Crippen LogP contribution in [-0.2, 0) is 19.4 Å². The number of rotatable bonds is 8. The van der Waals surface area contributed by atoms with Gasteiger partial charge in [-0.15, -0.1) is 22.7 Å². The predicted octanol–water partition coefficient (Wildman–Crippen LogP) is 3.94. The summed E-state index contributed by atoms with van der Waals surface area (Å²) in [5.41, 5.74) is 1.13. The van der Waals surface area contributed by atoms with E-state index in [1.165, 1.54) is 14.8 Å². The lowest BCUT2D eigenvalue weighted by Gasteiger charge is -2.11. The molecule has 3 aromatic heterocycles. The first-order valence-electron chi connectivity index (χ1n) is 8.70. The minimum absolute atomic E-state index is 0.684. The van der Waals surface area contributed by atoms with Gasteiger partial charge in [-0.05, 0) is 37.4 Å². The number of guanidine groups is 1. The van der Waals surface area contributed by atoms with Crippen LogP contribution < -0.4 is 10.6 Å². The van der Waals surface area contributed by atoms with E-state index in [2.05, 4.69) is 47.0 Å². The molecule has 0 fully saturated rings. The summed E-state index contributed by atoms with van der Waals surface area (Å²) >= 11 is 3.50. The summed E-state index contributed by atoms with van der Waals surface area (Å²) in [6.07, 6.45) is 3.44. The van der Waals surface area contributed by atoms with Crippen molar-refractivity contribution in [3.8, 4) is 0 Å². The van der Waals surface area contributed by atoms with Crippen molar-refractivity contribution in [1.29, 1.82) is 0 Å². The molecule has 0 aliphatic carbocycles. The number of thiazole rings is 1. The van der Waals surface area contributed by atoms with Gasteiger partial charge in [0.25, 0.3) is 0 Å². The van der Waals surface area contributed by atoms with E-state index in [1.54, 1.807) is 28.9 Å². The van der Waals surface area contributed by atoms with Crippen LogP contribution in [0.15, 0.2) is 45.3 Å². The van der Waals surface area contributed by atoms with Gasteiger partial charge in [-0.3, -0.25) is 0 Å². The molecular formula is C19H24N4OS2. The number of thiophene rings is 1. The summed E-state index contributed by atoms with van der Waals surface area (Å²) in [7, 11) is 0. The Labute approximate surface area is 162 Å². The highest BCUT2D eigenvalue weighted by molar-refractivity contribution is 7.11. The molecule has 138 valence electrons. The highest BCUT2D eigenvalue weighted by Crippen LogP contribution is 2.16. The smallest absolute Gasteiger partial charge is 0.191 e. The van der Waals surface area contributed by atoms with E-state index in [1.807, 2.05) is 12.1 Å². The molecule has 3 heterocycles. The fraction of sp³-hybridized carbons (Fsp3) is 0.368. The summed E-state index contributed by atoms with van der Waals surface area (Å²) < 4.78 is 5.38. The number of hydrogen-bond acceptors (Lipinski definition) is 5. The first-order chi connectivity index (χ1) is 12.7. The van der Waals surface area contributed by atoms with Crippen LogP contribution in [0.1, 0.15) is 26.2 Å². The summed E-state index contributed by atoms with van der Waals surface area (Å²) in [4.78, 5) is 11.8. The number of nitrogens with one attached hydrogen (secondary N) is 2. The van der Waals surface area contributed by atoms with E-state index < -0.39 is 0 Å². The topological polar surface area (TPSA) is 62.5 Å². The van der Waals surface area contributed by atoms with E-state index >= 15 is 0 Å². The van der Waals surface area contributed by atoms with Crippen molar-refractivity contribution in [1.82, 2.24) is 15.6 Å². The maximum Gasteiger partial charge on any atom is 0.191 e. The molecule has 3 rings (SSSR count). The Kier molecular flexibility index (Phi) is 6.85. The second-order valence-corrected chi connectivity index (χ2v) is 8.25. The predicted molar refractivity (Wildman–Crippen MR) is 109 cm³/mol. The third-order valence-electron chi connectivity index (χ3n) is 3.92. The van der Waals surface area contributed by atoms with Gasteiger partial charge in [-0.25, -0.2) is 9.98 Å². The van der Waals surface area contributed by atoms with Gasteiger partial charge in [0.2, 0.25) is 0 Å². The Morgan fingerprint density at radius 3 is 2.65 bits per heavy atom. The molecule has 0 aromatic carbocycles. The quantitative estimate of drug-likeness (QED) is 0.453. The van der Waals surface area contributed by atoms with Gasteiger partial charge in [0.1, 0.15) is 5.76 Å². The van der Waals surface area contributed by atoms with Crippen molar-refractivity contribution in [2.75, 3.05) is 13.1 Å². The standard InChI is InChI=1S/C19H24N4OS2/c1-14-15(2)26-18(23-14)8-10-21-19(22-13-17-6-4-12-25-17)20-9-7-16-5-3-11-24-16/h3-6,11-12H,7-10,13H2,1-2H3,(H2,20,21,22). The molecule has 3 aromatic rings. The molecule has 0 radical (unpaired) electrons. The van der Waals surface area contributed by atoms with Crippen LogP contribution in [0, 0.1) is 13.8 Å². The zero-order valence-electron chi connectivity index (χ0n) is 15.1. The molecule has 0 spiro atoms. The van der Waals surface area contributed by atoms with E-state index in [0.717, 1.165) is 43.3 Å². The van der Waals surface area contributed by atoms with Crippen LogP contribution in [0.3, 0.4) is 0 Å². The minimum atomic E-state index is 0.684. The molecule has 0 aliphatic heterocycles. The van der Waals surface area contributed by atoms with E-state index in [9.17, 15) is 0 Å². The Hall–Kier alpha value is -2.12. The Morgan fingerprint density at radius 1 is 1.15 bits per heavy atom. The van der Waals surface area contributed by atoms with Gasteiger partial charge >= 0.3 is 0 Å². The van der Waals surface area contributed by atoms with Crippen molar-refractivity contribution >= 4 is 28.6 Å². The Morgan fingerprint density at radius 2 is 2.00 bits per heavy atom. The molecule has 0 atom stereocenters. The summed E-state index contributed by atoms with van der Waals surface area (Å²) in [6.45, 7) is 6.45. The highest BCUT2D eigenvalue weighted by Gasteiger charge is 2.05. The molecule has 0 saturated carbocycles. The van der Waals surface area contributed by atoms with Crippen molar-refractivity contribution in [3.63, 3.8) is 0 Å². The van der Waals surface area contributed by atoms with Crippen LogP contribution in [0.2, 0.25) is 0 Å². The Balaban J connectivity index is 1.51. The fourth-order valence-electron chi connectivity index (χ4n) is 2.43. The number of aromatic nitrogens is 1. The normalized spacial score (nSPS) is 11.7. The van der Waals surface area contributed by atoms with Gasteiger partial charge in [-0.2, -0.15) is 0 Å². The lowest BCUT2D eigenvalue weighted by Crippen LogP contribution is -2.39. The molecule has 0 unspecified atom stereocenters. The van der Waals surface area contributed by atoms with Crippen molar-refractivity contribution in [2.45, 2.75) is 33.2 Å². The second kappa shape index (κ2) is 9.54. The average Bonchev–Trinajstić information content (AvgIpc) is 3.36. The fourth-order valence-corrected chi connectivity index (χ4v) is 3.99. The van der Waals surface area contributed by atoms with E-state index in [0.29, 0.717) is 6.54 Å². The summed E-state index contributed by atoms with van der Waals surface area (Å²) in [5.74, 6) is 1.80. The number of aryl methyl sites for hydroxylation is 2. The molecule has 0 amide bonds. The number of hydrogen-bond donors (Lipinski definition) is 2. The second-order valence-electron chi connectivity index (χ2n) is 5.93.